The van der Waals surface area contributed by atoms with Crippen molar-refractivity contribution < 1.29 is 24.1 Å². The van der Waals surface area contributed by atoms with E-state index in [-0.39, 0.29) is 24.7 Å². The van der Waals surface area contributed by atoms with Crippen LogP contribution in [0.15, 0.2) is 12.1 Å². The number of benzene rings is 1. The van der Waals surface area contributed by atoms with Gasteiger partial charge in [0.1, 0.15) is 11.3 Å². The lowest BCUT2D eigenvalue weighted by atomic mass is 10.1. The third-order valence-corrected chi connectivity index (χ3v) is 2.26. The minimum Gasteiger partial charge on any atom is -0.467 e. The Morgan fingerprint density at radius 1 is 1.41 bits per heavy atom. The van der Waals surface area contributed by atoms with Crippen LogP contribution in [0.2, 0.25) is 5.02 Å². The van der Waals surface area contributed by atoms with Crippen LogP contribution in [0, 0.1) is 0 Å². The van der Waals surface area contributed by atoms with E-state index in [4.69, 9.17) is 21.1 Å². The van der Waals surface area contributed by atoms with Crippen LogP contribution >= 0.6 is 11.6 Å². The van der Waals surface area contributed by atoms with Crippen molar-refractivity contribution >= 4 is 17.6 Å². The summed E-state index contributed by atoms with van der Waals surface area (Å²) in [7, 11) is 2.70. The predicted octanol–water partition coefficient (Wildman–Crippen LogP) is 1.60. The fraction of sp³-hybridized carbons (Fsp3) is 0.364. The number of carbonyl (C=O) groups is 1. The summed E-state index contributed by atoms with van der Waals surface area (Å²) >= 11 is 5.84. The number of methoxy groups -OCH3 is 2. The fourth-order valence-corrected chi connectivity index (χ4v) is 1.56. The van der Waals surface area contributed by atoms with Crippen molar-refractivity contribution in [2.75, 3.05) is 21.0 Å². The number of aliphatic hydroxyl groups excluding tert-OH is 1. The molecule has 0 saturated heterocycles. The zero-order chi connectivity index (χ0) is 12.8. The molecule has 94 valence electrons. The lowest BCUT2D eigenvalue weighted by Gasteiger charge is -2.13. The van der Waals surface area contributed by atoms with Gasteiger partial charge in [0.2, 0.25) is 0 Å². The molecule has 0 radical (unpaired) electrons. The second-order valence-corrected chi connectivity index (χ2v) is 3.58. The van der Waals surface area contributed by atoms with E-state index in [9.17, 15) is 9.90 Å². The highest BCUT2D eigenvalue weighted by Gasteiger charge is 2.19. The highest BCUT2D eigenvalue weighted by molar-refractivity contribution is 6.31. The number of halogens is 1. The van der Waals surface area contributed by atoms with Crippen LogP contribution in [0.4, 0.5) is 0 Å². The molecule has 1 aromatic carbocycles. The number of esters is 1. The Labute approximate surface area is 104 Å². The predicted molar refractivity (Wildman–Crippen MR) is 61.2 cm³/mol. The maximum atomic E-state index is 11.6. The average molecular weight is 261 g/mol. The SMILES string of the molecule is COCOc1cc(Cl)cc(CO)c1C(=O)OC. The van der Waals surface area contributed by atoms with Gasteiger partial charge in [-0.15, -0.1) is 0 Å². The monoisotopic (exact) mass is 260 g/mol. The first-order valence-electron chi connectivity index (χ1n) is 4.77. The van der Waals surface area contributed by atoms with E-state index >= 15 is 0 Å². The largest absolute Gasteiger partial charge is 0.467 e. The van der Waals surface area contributed by atoms with Crippen LogP contribution in [0.25, 0.3) is 0 Å². The maximum absolute atomic E-state index is 11.6. The van der Waals surface area contributed by atoms with Gasteiger partial charge in [-0.2, -0.15) is 0 Å². The van der Waals surface area contributed by atoms with Crippen LogP contribution < -0.4 is 4.74 Å². The highest BCUT2D eigenvalue weighted by Crippen LogP contribution is 2.28. The van der Waals surface area contributed by atoms with E-state index in [1.54, 1.807) is 0 Å². The Morgan fingerprint density at radius 2 is 2.12 bits per heavy atom. The molecule has 0 aliphatic carbocycles. The smallest absolute Gasteiger partial charge is 0.342 e. The van der Waals surface area contributed by atoms with Crippen LogP contribution in [0.1, 0.15) is 15.9 Å². The molecule has 5 nitrogen and oxygen atoms in total. The third-order valence-electron chi connectivity index (χ3n) is 2.04. The van der Waals surface area contributed by atoms with E-state index in [2.05, 4.69) is 4.74 Å². The normalized spacial score (nSPS) is 10.1. The minimum absolute atomic E-state index is 0.0325. The summed E-state index contributed by atoms with van der Waals surface area (Å²) in [5, 5.41) is 9.54. The second-order valence-electron chi connectivity index (χ2n) is 3.14. The van der Waals surface area contributed by atoms with Gasteiger partial charge in [0.25, 0.3) is 0 Å². The molecule has 0 aliphatic heterocycles. The first-order valence-corrected chi connectivity index (χ1v) is 5.15. The molecular weight excluding hydrogens is 248 g/mol. The van der Waals surface area contributed by atoms with Crippen molar-refractivity contribution in [2.45, 2.75) is 6.61 Å². The molecule has 0 aliphatic rings. The van der Waals surface area contributed by atoms with Gasteiger partial charge in [0, 0.05) is 12.1 Å². The van der Waals surface area contributed by atoms with Crippen LogP contribution in [-0.2, 0) is 16.1 Å². The first-order chi connectivity index (χ1) is 8.13. The van der Waals surface area contributed by atoms with E-state index in [0.29, 0.717) is 10.6 Å². The summed E-state index contributed by atoms with van der Waals surface area (Å²) in [5.74, 6) is -0.382. The number of rotatable bonds is 5. The molecule has 0 heterocycles. The van der Waals surface area contributed by atoms with Crippen molar-refractivity contribution in [3.05, 3.63) is 28.3 Å². The minimum atomic E-state index is -0.600. The van der Waals surface area contributed by atoms with Gasteiger partial charge in [0.15, 0.2) is 6.79 Å². The van der Waals surface area contributed by atoms with Crippen molar-refractivity contribution in [2.24, 2.45) is 0 Å². The van der Waals surface area contributed by atoms with Crippen LogP contribution in [0.5, 0.6) is 5.75 Å². The second kappa shape index (κ2) is 6.44. The van der Waals surface area contributed by atoms with Crippen molar-refractivity contribution in [3.8, 4) is 5.75 Å². The lowest BCUT2D eigenvalue weighted by molar-refractivity contribution is 0.0461. The molecule has 0 fully saturated rings. The number of hydrogen-bond donors (Lipinski definition) is 1. The number of ether oxygens (including phenoxy) is 3. The molecule has 0 saturated carbocycles. The fourth-order valence-electron chi connectivity index (χ4n) is 1.33. The summed E-state index contributed by atoms with van der Waals surface area (Å²) in [5.41, 5.74) is 0.493. The Balaban J connectivity index is 3.23. The van der Waals surface area contributed by atoms with Crippen molar-refractivity contribution in [3.63, 3.8) is 0 Å². The molecule has 0 aromatic heterocycles. The number of carbonyl (C=O) groups excluding carboxylic acids is 1. The lowest BCUT2D eigenvalue weighted by Crippen LogP contribution is -2.11. The van der Waals surface area contributed by atoms with Crippen LogP contribution in [-0.4, -0.2) is 32.1 Å². The number of aliphatic hydroxyl groups is 1. The summed E-state index contributed by atoms with van der Waals surface area (Å²) < 4.78 is 14.6. The van der Waals surface area contributed by atoms with Gasteiger partial charge < -0.3 is 19.3 Å². The molecule has 17 heavy (non-hydrogen) atoms. The zero-order valence-electron chi connectivity index (χ0n) is 9.53. The summed E-state index contributed by atoms with van der Waals surface area (Å²) in [6, 6.07) is 2.94. The Bertz CT molecular complexity index is 405. The van der Waals surface area contributed by atoms with E-state index < -0.39 is 5.97 Å². The van der Waals surface area contributed by atoms with E-state index in [1.807, 2.05) is 0 Å². The first kappa shape index (κ1) is 13.8. The Morgan fingerprint density at radius 3 is 2.65 bits per heavy atom. The van der Waals surface area contributed by atoms with Gasteiger partial charge in [-0.25, -0.2) is 4.79 Å². The van der Waals surface area contributed by atoms with Gasteiger partial charge in [-0.1, -0.05) is 11.6 Å². The molecule has 0 bridgehead atoms. The molecule has 0 unspecified atom stereocenters. The van der Waals surface area contributed by atoms with E-state index in [0.717, 1.165) is 0 Å². The Kier molecular flexibility index (Phi) is 5.21. The highest BCUT2D eigenvalue weighted by atomic mass is 35.5. The molecule has 0 atom stereocenters. The summed E-state index contributed by atoms with van der Waals surface area (Å²) in [6.45, 7) is -0.371. The summed E-state index contributed by atoms with van der Waals surface area (Å²) in [4.78, 5) is 11.6. The molecule has 1 aromatic rings. The van der Waals surface area contributed by atoms with E-state index in [1.165, 1.54) is 26.4 Å². The molecule has 0 amide bonds. The topological polar surface area (TPSA) is 65.0 Å². The Hall–Kier alpha value is -1.30. The molecule has 1 N–H and O–H groups in total. The van der Waals surface area contributed by atoms with Crippen molar-refractivity contribution in [1.82, 2.24) is 0 Å². The van der Waals surface area contributed by atoms with Crippen LogP contribution in [0.3, 0.4) is 0 Å². The average Bonchev–Trinajstić information content (AvgIpc) is 2.34. The van der Waals surface area contributed by atoms with Gasteiger partial charge >= 0.3 is 5.97 Å². The zero-order valence-corrected chi connectivity index (χ0v) is 10.3. The maximum Gasteiger partial charge on any atom is 0.342 e. The molecule has 1 rings (SSSR count). The number of hydrogen-bond acceptors (Lipinski definition) is 5. The van der Waals surface area contributed by atoms with Gasteiger partial charge in [-0.3, -0.25) is 0 Å². The van der Waals surface area contributed by atoms with Gasteiger partial charge in [-0.05, 0) is 17.7 Å². The molecule has 0 spiro atoms. The third kappa shape index (κ3) is 3.33. The molecular formula is C11H13ClO5. The summed E-state index contributed by atoms with van der Waals surface area (Å²) in [6.07, 6.45) is 0. The standard InChI is InChI=1S/C11H13ClO5/c1-15-6-17-9-4-8(12)3-7(5-13)10(9)11(14)16-2/h3-4,13H,5-6H2,1-2H3. The van der Waals surface area contributed by atoms with Gasteiger partial charge in [0.05, 0.1) is 13.7 Å². The molecule has 6 heteroatoms. The quantitative estimate of drug-likeness (QED) is 0.644. The van der Waals surface area contributed by atoms with Crippen molar-refractivity contribution in [1.29, 1.82) is 0 Å².